The Hall–Kier alpha value is -2.86. The van der Waals surface area contributed by atoms with E-state index < -0.39 is 11.9 Å². The van der Waals surface area contributed by atoms with E-state index >= 15 is 0 Å². The third kappa shape index (κ3) is 39.4. The number of hydrogen-bond donors (Lipinski definition) is 3. The van der Waals surface area contributed by atoms with Crippen molar-refractivity contribution >= 4 is 30.1 Å². The summed E-state index contributed by atoms with van der Waals surface area (Å²) in [6.45, 7) is 4.54. The number of carbonyl (C=O) groups excluding carboxylic acids is 1. The van der Waals surface area contributed by atoms with Gasteiger partial charge < -0.3 is 15.3 Å². The molecule has 56 heavy (non-hydrogen) atoms. The summed E-state index contributed by atoms with van der Waals surface area (Å²) in [6.07, 6.45) is 40.4. The molecule has 0 radical (unpaired) electrons. The molecular formula is C49H83ClO6. The molecule has 0 spiro atoms. The Bertz CT molecular complexity index is 1090. The number of phenolic OH excluding ortho intramolecular Hbond substituents is 1. The Morgan fingerprint density at radius 1 is 0.375 bits per heavy atom. The van der Waals surface area contributed by atoms with Crippen molar-refractivity contribution in [3.05, 3.63) is 65.7 Å². The predicted molar refractivity (Wildman–Crippen MR) is 240 cm³/mol. The lowest BCUT2D eigenvalue weighted by Crippen LogP contribution is -1.99. The van der Waals surface area contributed by atoms with Gasteiger partial charge in [0.2, 0.25) is 0 Å². The normalized spacial score (nSPS) is 10.4. The monoisotopic (exact) mass is 803 g/mol. The first-order valence-electron chi connectivity index (χ1n) is 22.6. The molecule has 0 saturated carbocycles. The molecule has 3 N–H and O–H groups in total. The molecule has 2 aromatic rings. The highest BCUT2D eigenvalue weighted by atomic mass is 35.5. The Kier molecular flexibility index (Phi) is 42.7. The lowest BCUT2D eigenvalue weighted by molar-refractivity contribution is -0.138. The Labute approximate surface area is 349 Å². The van der Waals surface area contributed by atoms with Crippen molar-refractivity contribution in [3.63, 3.8) is 0 Å². The number of halogens is 1. The van der Waals surface area contributed by atoms with Gasteiger partial charge in [-0.15, -0.1) is 12.4 Å². The Morgan fingerprint density at radius 3 is 0.893 bits per heavy atom. The number of hydrogen-bond acceptors (Lipinski definition) is 4. The van der Waals surface area contributed by atoms with Crippen molar-refractivity contribution in [2.24, 2.45) is 0 Å². The fraction of sp³-hybridized carbons (Fsp3) is 0.694. The zero-order valence-electron chi connectivity index (χ0n) is 35.8. The molecule has 0 aromatic heterocycles. The summed E-state index contributed by atoms with van der Waals surface area (Å²) in [5.41, 5.74) is 1.24. The van der Waals surface area contributed by atoms with Crippen LogP contribution >= 0.6 is 12.4 Å². The maximum atomic E-state index is 11.9. The predicted octanol–water partition coefficient (Wildman–Crippen LogP) is 15.7. The van der Waals surface area contributed by atoms with Gasteiger partial charge in [-0.05, 0) is 37.1 Å². The largest absolute Gasteiger partial charge is 0.508 e. The minimum atomic E-state index is -0.653. The van der Waals surface area contributed by atoms with Crippen LogP contribution in [0.3, 0.4) is 0 Å². The molecule has 0 fully saturated rings. The SMILES string of the molecule is CCCCCCCCCCCCCCCCCC(=O)O.CCCCCCCCCCCCCCCCCC(=O)O.Cl.O=C(c1ccccc1)c1ccc(O)cc1. The summed E-state index contributed by atoms with van der Waals surface area (Å²) in [5.74, 6) is -1.17. The second kappa shape index (κ2) is 43.3. The third-order valence-electron chi connectivity index (χ3n) is 10.2. The molecule has 0 amide bonds. The van der Waals surface area contributed by atoms with Crippen LogP contribution in [0, 0.1) is 0 Å². The summed E-state index contributed by atoms with van der Waals surface area (Å²) in [4.78, 5) is 32.5. The number of unbranched alkanes of at least 4 members (excludes halogenated alkanes) is 28. The smallest absolute Gasteiger partial charge is 0.303 e. The molecule has 322 valence electrons. The maximum Gasteiger partial charge on any atom is 0.303 e. The van der Waals surface area contributed by atoms with E-state index in [2.05, 4.69) is 13.8 Å². The molecule has 0 heterocycles. The molecule has 7 heteroatoms. The van der Waals surface area contributed by atoms with E-state index in [4.69, 9.17) is 15.3 Å². The van der Waals surface area contributed by atoms with Crippen LogP contribution in [0.2, 0.25) is 0 Å². The van der Waals surface area contributed by atoms with Crippen LogP contribution in [0.15, 0.2) is 54.6 Å². The first-order valence-corrected chi connectivity index (χ1v) is 22.6. The minimum absolute atomic E-state index is 0. The Balaban J connectivity index is 0. The number of ketones is 1. The van der Waals surface area contributed by atoms with E-state index in [1.165, 1.54) is 179 Å². The number of benzene rings is 2. The summed E-state index contributed by atoms with van der Waals surface area (Å²) >= 11 is 0. The van der Waals surface area contributed by atoms with Gasteiger partial charge in [-0.1, -0.05) is 224 Å². The van der Waals surface area contributed by atoms with Crippen LogP contribution in [-0.4, -0.2) is 33.0 Å². The number of carboxylic acid groups (broad SMARTS) is 2. The van der Waals surface area contributed by atoms with Crippen molar-refractivity contribution in [2.75, 3.05) is 0 Å². The van der Waals surface area contributed by atoms with Crippen LogP contribution in [0.25, 0.3) is 0 Å². The van der Waals surface area contributed by atoms with Gasteiger partial charge in [0, 0.05) is 24.0 Å². The molecule has 0 bridgehead atoms. The molecule has 0 unspecified atom stereocenters. The van der Waals surface area contributed by atoms with E-state index in [-0.39, 0.29) is 23.9 Å². The molecule has 2 rings (SSSR count). The molecule has 2 aromatic carbocycles. The van der Waals surface area contributed by atoms with Gasteiger partial charge in [-0.3, -0.25) is 14.4 Å². The molecule has 0 aliphatic carbocycles. The highest BCUT2D eigenvalue weighted by Crippen LogP contribution is 2.16. The van der Waals surface area contributed by atoms with Gasteiger partial charge in [0.15, 0.2) is 5.78 Å². The van der Waals surface area contributed by atoms with Crippen molar-refractivity contribution in [1.82, 2.24) is 0 Å². The highest BCUT2D eigenvalue weighted by molar-refractivity contribution is 6.08. The summed E-state index contributed by atoms with van der Waals surface area (Å²) in [6, 6.07) is 15.3. The highest BCUT2D eigenvalue weighted by Gasteiger charge is 2.07. The minimum Gasteiger partial charge on any atom is -0.508 e. The second-order valence-electron chi connectivity index (χ2n) is 15.4. The van der Waals surface area contributed by atoms with Crippen molar-refractivity contribution in [3.8, 4) is 5.75 Å². The quantitative estimate of drug-likeness (QED) is 0.0480. The van der Waals surface area contributed by atoms with Gasteiger partial charge in [0.05, 0.1) is 0 Å². The first-order chi connectivity index (χ1) is 26.8. The maximum absolute atomic E-state index is 11.9. The van der Waals surface area contributed by atoms with E-state index in [0.29, 0.717) is 24.0 Å². The van der Waals surface area contributed by atoms with Gasteiger partial charge in [0.1, 0.15) is 5.75 Å². The van der Waals surface area contributed by atoms with Crippen LogP contribution in [0.1, 0.15) is 235 Å². The zero-order chi connectivity index (χ0) is 40.5. The molecular weight excluding hydrogens is 720 g/mol. The van der Waals surface area contributed by atoms with Crippen LogP contribution < -0.4 is 0 Å². The summed E-state index contributed by atoms with van der Waals surface area (Å²) in [7, 11) is 0. The fourth-order valence-electron chi connectivity index (χ4n) is 6.66. The summed E-state index contributed by atoms with van der Waals surface area (Å²) in [5, 5.41) is 26.1. The lowest BCUT2D eigenvalue weighted by Gasteiger charge is -2.03. The number of aromatic hydroxyl groups is 1. The van der Waals surface area contributed by atoms with Crippen molar-refractivity contribution in [1.29, 1.82) is 0 Å². The van der Waals surface area contributed by atoms with E-state index in [1.54, 1.807) is 24.3 Å². The van der Waals surface area contributed by atoms with Crippen LogP contribution in [0.5, 0.6) is 5.75 Å². The number of carboxylic acids is 2. The van der Waals surface area contributed by atoms with Crippen molar-refractivity contribution < 1.29 is 29.7 Å². The zero-order valence-corrected chi connectivity index (χ0v) is 36.6. The van der Waals surface area contributed by atoms with E-state index in [1.807, 2.05) is 18.2 Å². The van der Waals surface area contributed by atoms with Gasteiger partial charge >= 0.3 is 11.9 Å². The second-order valence-corrected chi connectivity index (χ2v) is 15.4. The van der Waals surface area contributed by atoms with E-state index in [9.17, 15) is 14.4 Å². The number of aliphatic carboxylic acids is 2. The molecule has 6 nitrogen and oxygen atoms in total. The first kappa shape index (κ1) is 55.2. The number of phenols is 1. The number of rotatable bonds is 34. The average molecular weight is 804 g/mol. The van der Waals surface area contributed by atoms with Crippen LogP contribution in [-0.2, 0) is 9.59 Å². The molecule has 0 atom stereocenters. The van der Waals surface area contributed by atoms with Crippen molar-refractivity contribution in [2.45, 2.75) is 219 Å². The molecule has 0 saturated heterocycles. The Morgan fingerprint density at radius 2 is 0.625 bits per heavy atom. The fourth-order valence-corrected chi connectivity index (χ4v) is 6.66. The standard InChI is InChI=1S/2C18H36O2.C13H10O2.ClH/c2*1-2-3-4-5-6-7-8-9-10-11-12-13-14-15-16-17-18(19)20;14-12-8-6-11(7-9-12)13(15)10-4-2-1-3-5-10;/h2*2-17H2,1H3,(H,19,20);1-9,14H;1H. The lowest BCUT2D eigenvalue weighted by atomic mass is 10.0. The average Bonchev–Trinajstić information content (AvgIpc) is 3.18. The molecule has 0 aliphatic heterocycles. The third-order valence-corrected chi connectivity index (χ3v) is 10.2. The van der Waals surface area contributed by atoms with E-state index in [0.717, 1.165) is 25.7 Å². The summed E-state index contributed by atoms with van der Waals surface area (Å²) < 4.78 is 0. The van der Waals surface area contributed by atoms with Gasteiger partial charge in [-0.25, -0.2) is 0 Å². The van der Waals surface area contributed by atoms with Gasteiger partial charge in [0.25, 0.3) is 0 Å². The topological polar surface area (TPSA) is 112 Å². The molecule has 0 aliphatic rings. The number of carbonyl (C=O) groups is 3. The van der Waals surface area contributed by atoms with Crippen LogP contribution in [0.4, 0.5) is 0 Å². The van der Waals surface area contributed by atoms with Gasteiger partial charge in [-0.2, -0.15) is 0 Å².